The molecule has 1 amide bonds. The number of hydrogen-bond acceptors (Lipinski definition) is 5. The van der Waals surface area contributed by atoms with Crippen LogP contribution in [0.1, 0.15) is 0 Å². The zero-order valence-electron chi connectivity index (χ0n) is 13.9. The van der Waals surface area contributed by atoms with Gasteiger partial charge in [-0.15, -0.1) is 0 Å². The Kier molecular flexibility index (Phi) is 6.29. The van der Waals surface area contributed by atoms with E-state index in [0.717, 1.165) is 11.5 Å². The zero-order chi connectivity index (χ0) is 18.5. The molecule has 0 saturated carbocycles. The molecule has 0 aliphatic carbocycles. The van der Waals surface area contributed by atoms with Crippen molar-refractivity contribution in [1.29, 1.82) is 0 Å². The van der Waals surface area contributed by atoms with E-state index in [1.165, 1.54) is 11.8 Å². The molecule has 0 radical (unpaired) electrons. The van der Waals surface area contributed by atoms with Gasteiger partial charge in [-0.2, -0.15) is 0 Å². The lowest BCUT2D eigenvalue weighted by atomic mass is 10.3. The number of methoxy groups -OCH3 is 1. The Labute approximate surface area is 165 Å². The predicted octanol–water partition coefficient (Wildman–Crippen LogP) is 4.64. The van der Waals surface area contributed by atoms with Gasteiger partial charge >= 0.3 is 0 Å². The van der Waals surface area contributed by atoms with E-state index in [4.69, 9.17) is 32.7 Å². The number of benzene rings is 2. The highest BCUT2D eigenvalue weighted by Gasteiger charge is 2.26. The van der Waals surface area contributed by atoms with Gasteiger partial charge in [0.05, 0.1) is 22.8 Å². The maximum atomic E-state index is 12.5. The van der Waals surface area contributed by atoms with Crippen LogP contribution in [-0.4, -0.2) is 42.0 Å². The fourth-order valence-electron chi connectivity index (χ4n) is 2.29. The number of ether oxygens (including phenoxy) is 2. The Morgan fingerprint density at radius 1 is 1.15 bits per heavy atom. The molecule has 0 spiro atoms. The smallest absolute Gasteiger partial charge is 0.266 e. The lowest BCUT2D eigenvalue weighted by Crippen LogP contribution is -2.35. The first-order valence-corrected chi connectivity index (χ1v) is 9.55. The van der Waals surface area contributed by atoms with Crippen molar-refractivity contribution < 1.29 is 14.3 Å². The molecule has 1 aliphatic heterocycles. The van der Waals surface area contributed by atoms with E-state index < -0.39 is 0 Å². The molecule has 1 heterocycles. The molecule has 2 aromatic carbocycles. The van der Waals surface area contributed by atoms with Crippen LogP contribution in [0.2, 0.25) is 10.0 Å². The van der Waals surface area contributed by atoms with Crippen LogP contribution in [0.15, 0.2) is 47.5 Å². The first kappa shape index (κ1) is 18.9. The van der Waals surface area contributed by atoms with E-state index in [0.29, 0.717) is 33.2 Å². The minimum absolute atomic E-state index is 0.0622. The number of thioether (sulfide) groups is 1. The summed E-state index contributed by atoms with van der Waals surface area (Å²) in [4.78, 5) is 18.6. The van der Waals surface area contributed by atoms with E-state index in [-0.39, 0.29) is 12.5 Å². The van der Waals surface area contributed by atoms with E-state index in [2.05, 4.69) is 4.99 Å². The first-order valence-electron chi connectivity index (χ1n) is 7.80. The standard InChI is InChI=1S/C18H16Cl2N2O3S/c1-24-13-3-5-14(6-4-13)25-11-17(23)22-8-9-26-18(22)21-12-2-7-15(19)16(20)10-12/h2-7,10H,8-9,11H2,1H3. The third-order valence-corrected chi connectivity index (χ3v) is 5.32. The minimum atomic E-state index is -0.148. The molecule has 1 aliphatic rings. The second-order valence-electron chi connectivity index (χ2n) is 5.35. The van der Waals surface area contributed by atoms with Gasteiger partial charge in [-0.1, -0.05) is 35.0 Å². The van der Waals surface area contributed by atoms with Gasteiger partial charge in [-0.05, 0) is 42.5 Å². The summed E-state index contributed by atoms with van der Waals surface area (Å²) in [5, 5.41) is 1.53. The molecule has 0 N–H and O–H groups in total. The summed E-state index contributed by atoms with van der Waals surface area (Å²) < 4.78 is 10.7. The zero-order valence-corrected chi connectivity index (χ0v) is 16.3. The van der Waals surface area contributed by atoms with Crippen molar-refractivity contribution in [1.82, 2.24) is 4.90 Å². The SMILES string of the molecule is COc1ccc(OCC(=O)N2CCSC2=Nc2ccc(Cl)c(Cl)c2)cc1. The summed E-state index contributed by atoms with van der Waals surface area (Å²) in [7, 11) is 1.60. The van der Waals surface area contributed by atoms with Crippen LogP contribution in [-0.2, 0) is 4.79 Å². The number of hydrogen-bond donors (Lipinski definition) is 0. The number of carbonyl (C=O) groups is 1. The molecular weight excluding hydrogens is 395 g/mol. The number of aliphatic imine (C=N–C) groups is 1. The van der Waals surface area contributed by atoms with Crippen LogP contribution in [0.25, 0.3) is 0 Å². The van der Waals surface area contributed by atoms with Gasteiger partial charge in [0.15, 0.2) is 11.8 Å². The Hall–Kier alpha value is -1.89. The molecule has 0 bridgehead atoms. The van der Waals surface area contributed by atoms with Crippen molar-refractivity contribution in [2.75, 3.05) is 26.0 Å². The quantitative estimate of drug-likeness (QED) is 0.719. The average Bonchev–Trinajstić information content (AvgIpc) is 3.11. The van der Waals surface area contributed by atoms with Crippen molar-refractivity contribution >= 4 is 51.7 Å². The highest BCUT2D eigenvalue weighted by atomic mass is 35.5. The van der Waals surface area contributed by atoms with Gasteiger partial charge in [-0.3, -0.25) is 9.69 Å². The van der Waals surface area contributed by atoms with Crippen molar-refractivity contribution in [2.45, 2.75) is 0 Å². The van der Waals surface area contributed by atoms with E-state index in [1.807, 2.05) is 0 Å². The Morgan fingerprint density at radius 3 is 2.58 bits per heavy atom. The van der Waals surface area contributed by atoms with Crippen LogP contribution >= 0.6 is 35.0 Å². The number of carbonyl (C=O) groups excluding carboxylic acids is 1. The van der Waals surface area contributed by atoms with Crippen LogP contribution < -0.4 is 9.47 Å². The largest absolute Gasteiger partial charge is 0.497 e. The summed E-state index contributed by atoms with van der Waals surface area (Å²) in [6.45, 7) is 0.531. The number of rotatable bonds is 5. The van der Waals surface area contributed by atoms with Gasteiger partial charge < -0.3 is 9.47 Å². The summed E-state index contributed by atoms with van der Waals surface area (Å²) in [6.07, 6.45) is 0. The van der Waals surface area contributed by atoms with Gasteiger partial charge in [-0.25, -0.2) is 4.99 Å². The summed E-state index contributed by atoms with van der Waals surface area (Å²) in [5.74, 6) is 1.98. The molecule has 1 fully saturated rings. The highest BCUT2D eigenvalue weighted by molar-refractivity contribution is 8.14. The normalized spacial score (nSPS) is 15.3. The third-order valence-electron chi connectivity index (χ3n) is 3.63. The number of amides is 1. The van der Waals surface area contributed by atoms with Crippen molar-refractivity contribution in [3.8, 4) is 11.5 Å². The topological polar surface area (TPSA) is 51.1 Å². The molecule has 8 heteroatoms. The van der Waals surface area contributed by atoms with Crippen LogP contribution in [0.3, 0.4) is 0 Å². The lowest BCUT2D eigenvalue weighted by Gasteiger charge is -2.16. The minimum Gasteiger partial charge on any atom is -0.497 e. The Balaban J connectivity index is 1.65. The third kappa shape index (κ3) is 4.63. The van der Waals surface area contributed by atoms with Crippen molar-refractivity contribution in [3.05, 3.63) is 52.5 Å². The number of halogens is 2. The molecule has 26 heavy (non-hydrogen) atoms. The van der Waals surface area contributed by atoms with Gasteiger partial charge in [0.2, 0.25) is 0 Å². The monoisotopic (exact) mass is 410 g/mol. The van der Waals surface area contributed by atoms with E-state index in [1.54, 1.807) is 54.5 Å². The van der Waals surface area contributed by atoms with E-state index >= 15 is 0 Å². The molecule has 136 valence electrons. The van der Waals surface area contributed by atoms with Crippen LogP contribution in [0.5, 0.6) is 11.5 Å². The molecule has 0 atom stereocenters. The fraction of sp³-hybridized carbons (Fsp3) is 0.222. The molecule has 2 aromatic rings. The molecule has 0 aromatic heterocycles. The second kappa shape index (κ2) is 8.66. The highest BCUT2D eigenvalue weighted by Crippen LogP contribution is 2.29. The lowest BCUT2D eigenvalue weighted by molar-refractivity contribution is -0.129. The summed E-state index contributed by atoms with van der Waals surface area (Å²) in [6, 6.07) is 12.2. The molecule has 1 saturated heterocycles. The maximum Gasteiger partial charge on any atom is 0.266 e. The Morgan fingerprint density at radius 2 is 1.88 bits per heavy atom. The second-order valence-corrected chi connectivity index (χ2v) is 7.23. The van der Waals surface area contributed by atoms with Crippen molar-refractivity contribution in [2.24, 2.45) is 4.99 Å². The van der Waals surface area contributed by atoms with Gasteiger partial charge in [0.25, 0.3) is 5.91 Å². The summed E-state index contributed by atoms with van der Waals surface area (Å²) in [5.41, 5.74) is 0.651. The van der Waals surface area contributed by atoms with E-state index in [9.17, 15) is 4.79 Å². The fourth-order valence-corrected chi connectivity index (χ4v) is 3.55. The van der Waals surface area contributed by atoms with Crippen molar-refractivity contribution in [3.63, 3.8) is 0 Å². The van der Waals surface area contributed by atoms with Crippen LogP contribution in [0.4, 0.5) is 5.69 Å². The first-order chi connectivity index (χ1) is 12.6. The van der Waals surface area contributed by atoms with Gasteiger partial charge in [0, 0.05) is 12.3 Å². The summed E-state index contributed by atoms with van der Waals surface area (Å²) >= 11 is 13.5. The Bertz CT molecular complexity index is 828. The molecule has 0 unspecified atom stereocenters. The van der Waals surface area contributed by atoms with Gasteiger partial charge in [0.1, 0.15) is 11.5 Å². The molecule has 5 nitrogen and oxygen atoms in total. The maximum absolute atomic E-state index is 12.5. The molecular formula is C18H16Cl2N2O3S. The number of nitrogens with zero attached hydrogens (tertiary/aromatic N) is 2. The number of amidine groups is 1. The van der Waals surface area contributed by atoms with Crippen LogP contribution in [0, 0.1) is 0 Å². The average molecular weight is 411 g/mol. The predicted molar refractivity (Wildman–Crippen MR) is 106 cm³/mol. The molecule has 3 rings (SSSR count).